The highest BCUT2D eigenvalue weighted by molar-refractivity contribution is 7.99. The number of ether oxygens (including phenoxy) is 1. The van der Waals surface area contributed by atoms with Gasteiger partial charge >= 0.3 is 0 Å². The number of benzene rings is 1. The molecule has 0 aromatic heterocycles. The van der Waals surface area contributed by atoms with E-state index in [1.54, 1.807) is 17.8 Å². The number of thioether (sulfide) groups is 1. The summed E-state index contributed by atoms with van der Waals surface area (Å²) in [6.45, 7) is 0. The Balaban J connectivity index is 2.28. The molecule has 1 heterocycles. The van der Waals surface area contributed by atoms with Crippen molar-refractivity contribution < 1.29 is 13.2 Å². The van der Waals surface area contributed by atoms with Crippen LogP contribution in [0.25, 0.3) is 0 Å². The number of nitrogens with one attached hydrogen (secondary N) is 1. The molecule has 2 rings (SSSR count). The van der Waals surface area contributed by atoms with Crippen molar-refractivity contribution in [2.75, 3.05) is 24.3 Å². The lowest BCUT2D eigenvalue weighted by molar-refractivity contribution is 0.402. The van der Waals surface area contributed by atoms with Crippen LogP contribution in [-0.2, 0) is 10.0 Å². The Kier molecular flexibility index (Phi) is 4.04. The number of nitrogen functional groups attached to an aromatic ring is 1. The molecule has 1 unspecified atom stereocenters. The molecule has 1 aromatic carbocycles. The van der Waals surface area contributed by atoms with E-state index in [2.05, 4.69) is 4.72 Å². The van der Waals surface area contributed by atoms with Gasteiger partial charge in [-0.2, -0.15) is 11.8 Å². The smallest absolute Gasteiger partial charge is 0.244 e. The van der Waals surface area contributed by atoms with Crippen LogP contribution in [0.1, 0.15) is 6.42 Å². The Morgan fingerprint density at radius 1 is 1.50 bits per heavy atom. The first kappa shape index (κ1) is 13.5. The number of nitrogens with two attached hydrogens (primary N) is 1. The van der Waals surface area contributed by atoms with Gasteiger partial charge in [0.15, 0.2) is 0 Å². The summed E-state index contributed by atoms with van der Waals surface area (Å²) < 4.78 is 32.2. The van der Waals surface area contributed by atoms with Gasteiger partial charge in [-0.25, -0.2) is 13.1 Å². The molecule has 0 spiro atoms. The van der Waals surface area contributed by atoms with Crippen molar-refractivity contribution in [3.63, 3.8) is 0 Å². The zero-order chi connectivity index (χ0) is 13.2. The van der Waals surface area contributed by atoms with Crippen LogP contribution in [0.5, 0.6) is 5.75 Å². The minimum Gasteiger partial charge on any atom is -0.495 e. The van der Waals surface area contributed by atoms with Gasteiger partial charge in [0, 0.05) is 23.5 Å². The minimum atomic E-state index is -3.55. The zero-order valence-corrected chi connectivity index (χ0v) is 11.7. The maximum Gasteiger partial charge on any atom is 0.244 e. The van der Waals surface area contributed by atoms with Crippen molar-refractivity contribution in [3.8, 4) is 5.75 Å². The molecule has 1 aliphatic rings. The first-order valence-corrected chi connectivity index (χ1v) is 8.20. The van der Waals surface area contributed by atoms with E-state index in [0.717, 1.165) is 17.9 Å². The number of methoxy groups -OCH3 is 1. The number of sulfonamides is 1. The predicted octanol–water partition coefficient (Wildman–Crippen LogP) is 1.06. The van der Waals surface area contributed by atoms with E-state index in [4.69, 9.17) is 10.5 Å². The van der Waals surface area contributed by atoms with Gasteiger partial charge in [0.2, 0.25) is 10.0 Å². The Hall–Kier alpha value is -0.920. The molecule has 3 N–H and O–H groups in total. The fraction of sp³-hybridized carbons (Fsp3) is 0.455. The second-order valence-electron chi connectivity index (χ2n) is 4.09. The van der Waals surface area contributed by atoms with Gasteiger partial charge in [-0.1, -0.05) is 0 Å². The highest BCUT2D eigenvalue weighted by Crippen LogP contribution is 2.27. The van der Waals surface area contributed by atoms with E-state index in [1.807, 2.05) is 0 Å². The van der Waals surface area contributed by atoms with Crippen molar-refractivity contribution in [1.82, 2.24) is 4.72 Å². The second kappa shape index (κ2) is 5.38. The number of anilines is 1. The quantitative estimate of drug-likeness (QED) is 0.810. The van der Waals surface area contributed by atoms with Gasteiger partial charge in [0.1, 0.15) is 10.6 Å². The van der Waals surface area contributed by atoms with Crippen molar-refractivity contribution in [3.05, 3.63) is 18.2 Å². The summed E-state index contributed by atoms with van der Waals surface area (Å²) in [6.07, 6.45) is 0.862. The van der Waals surface area contributed by atoms with Crippen molar-refractivity contribution in [1.29, 1.82) is 0 Å². The molecule has 0 bridgehead atoms. The van der Waals surface area contributed by atoms with Gasteiger partial charge in [-0.3, -0.25) is 0 Å². The summed E-state index contributed by atoms with van der Waals surface area (Å²) in [5.41, 5.74) is 6.09. The van der Waals surface area contributed by atoms with Crippen LogP contribution in [0.4, 0.5) is 5.69 Å². The van der Waals surface area contributed by atoms with Crippen LogP contribution in [0.2, 0.25) is 0 Å². The summed E-state index contributed by atoms with van der Waals surface area (Å²) in [5, 5.41) is 0. The molecule has 0 aliphatic carbocycles. The van der Waals surface area contributed by atoms with E-state index >= 15 is 0 Å². The average molecular weight is 288 g/mol. The molecule has 0 saturated carbocycles. The van der Waals surface area contributed by atoms with E-state index < -0.39 is 10.0 Å². The Labute approximate surface area is 111 Å². The highest BCUT2D eigenvalue weighted by atomic mass is 32.2. The number of hydrogen-bond donors (Lipinski definition) is 2. The lowest BCUT2D eigenvalue weighted by atomic mass is 10.3. The molecule has 5 nitrogen and oxygen atoms in total. The van der Waals surface area contributed by atoms with Gasteiger partial charge < -0.3 is 10.5 Å². The first-order chi connectivity index (χ1) is 8.53. The molecular weight excluding hydrogens is 272 g/mol. The average Bonchev–Trinajstić information content (AvgIpc) is 2.80. The molecule has 1 aromatic rings. The van der Waals surface area contributed by atoms with Gasteiger partial charge in [-0.15, -0.1) is 0 Å². The molecule has 7 heteroatoms. The third-order valence-electron chi connectivity index (χ3n) is 2.73. The second-order valence-corrected chi connectivity index (χ2v) is 6.92. The van der Waals surface area contributed by atoms with E-state index in [1.165, 1.54) is 19.2 Å². The number of hydrogen-bond acceptors (Lipinski definition) is 5. The third kappa shape index (κ3) is 2.90. The maximum atomic E-state index is 12.2. The normalized spacial score (nSPS) is 19.9. The van der Waals surface area contributed by atoms with Crippen LogP contribution < -0.4 is 15.2 Å². The molecule has 1 atom stereocenters. The molecule has 1 saturated heterocycles. The zero-order valence-electron chi connectivity index (χ0n) is 10.0. The molecule has 1 fully saturated rings. The van der Waals surface area contributed by atoms with Crippen LogP contribution in [0.15, 0.2) is 23.1 Å². The Morgan fingerprint density at radius 2 is 2.28 bits per heavy atom. The van der Waals surface area contributed by atoms with Crippen LogP contribution in [0, 0.1) is 0 Å². The molecule has 0 radical (unpaired) electrons. The summed E-state index contributed by atoms with van der Waals surface area (Å²) >= 11 is 1.75. The standard InChI is InChI=1S/C11H16N2O3S2/c1-16-10-6-8(12)2-3-11(10)18(14,15)13-9-4-5-17-7-9/h2-3,6,9,13H,4-5,7,12H2,1H3. The van der Waals surface area contributed by atoms with Gasteiger partial charge in [0.25, 0.3) is 0 Å². The van der Waals surface area contributed by atoms with Crippen molar-refractivity contribution >= 4 is 27.5 Å². The largest absolute Gasteiger partial charge is 0.495 e. The molecular formula is C11H16N2O3S2. The molecule has 0 amide bonds. The summed E-state index contributed by atoms with van der Waals surface area (Å²) in [7, 11) is -2.12. The summed E-state index contributed by atoms with van der Waals surface area (Å²) in [4.78, 5) is 0.135. The lowest BCUT2D eigenvalue weighted by Crippen LogP contribution is -2.34. The molecule has 100 valence electrons. The summed E-state index contributed by atoms with van der Waals surface area (Å²) in [5.74, 6) is 2.08. The topological polar surface area (TPSA) is 81.4 Å². The van der Waals surface area contributed by atoms with Crippen LogP contribution in [0.3, 0.4) is 0 Å². The lowest BCUT2D eigenvalue weighted by Gasteiger charge is -2.14. The number of rotatable bonds is 4. The fourth-order valence-corrected chi connectivity index (χ4v) is 4.50. The monoisotopic (exact) mass is 288 g/mol. The fourth-order valence-electron chi connectivity index (χ4n) is 1.82. The van der Waals surface area contributed by atoms with Crippen LogP contribution in [-0.4, -0.2) is 33.1 Å². The van der Waals surface area contributed by atoms with Crippen molar-refractivity contribution in [2.45, 2.75) is 17.4 Å². The highest BCUT2D eigenvalue weighted by Gasteiger charge is 2.25. The van der Waals surface area contributed by atoms with E-state index in [9.17, 15) is 8.42 Å². The summed E-state index contributed by atoms with van der Waals surface area (Å²) in [6, 6.07) is 4.54. The predicted molar refractivity (Wildman–Crippen MR) is 73.5 cm³/mol. The SMILES string of the molecule is COc1cc(N)ccc1S(=O)(=O)NC1CCSC1. The van der Waals surface area contributed by atoms with Gasteiger partial charge in [-0.05, 0) is 24.3 Å². The van der Waals surface area contributed by atoms with Gasteiger partial charge in [0.05, 0.1) is 7.11 Å². The first-order valence-electron chi connectivity index (χ1n) is 5.56. The van der Waals surface area contributed by atoms with Crippen molar-refractivity contribution in [2.24, 2.45) is 0 Å². The maximum absolute atomic E-state index is 12.2. The Bertz CT molecular complexity index is 525. The molecule has 1 aliphatic heterocycles. The third-order valence-corrected chi connectivity index (χ3v) is 5.45. The van der Waals surface area contributed by atoms with E-state index in [0.29, 0.717) is 5.69 Å². The molecule has 18 heavy (non-hydrogen) atoms. The Morgan fingerprint density at radius 3 is 2.89 bits per heavy atom. The van der Waals surface area contributed by atoms with E-state index in [-0.39, 0.29) is 16.7 Å². The minimum absolute atomic E-state index is 0.00209. The van der Waals surface area contributed by atoms with Crippen LogP contribution >= 0.6 is 11.8 Å².